The summed E-state index contributed by atoms with van der Waals surface area (Å²) < 4.78 is 26.8. The third kappa shape index (κ3) is 2.18. The fraction of sp³-hybridized carbons (Fsp3) is 0.273. The van der Waals surface area contributed by atoms with Gasteiger partial charge in [-0.15, -0.1) is 11.3 Å². The highest BCUT2D eigenvalue weighted by atomic mass is 32.2. The molecule has 104 valence electrons. The highest BCUT2D eigenvalue weighted by Gasteiger charge is 2.24. The van der Waals surface area contributed by atoms with E-state index in [4.69, 9.17) is 0 Å². The summed E-state index contributed by atoms with van der Waals surface area (Å²) in [5.74, 6) is 0. The topological polar surface area (TPSA) is 111 Å². The van der Waals surface area contributed by atoms with Gasteiger partial charge >= 0.3 is 0 Å². The third-order valence-electron chi connectivity index (χ3n) is 3.05. The lowest BCUT2D eigenvalue weighted by molar-refractivity contribution is 0.601. The molecule has 0 fully saturated rings. The lowest BCUT2D eigenvalue weighted by Crippen LogP contribution is -2.22. The predicted molar refractivity (Wildman–Crippen MR) is 73.8 cm³/mol. The second kappa shape index (κ2) is 4.90. The van der Waals surface area contributed by atoms with Crippen LogP contribution in [0, 0.1) is 11.3 Å². The van der Waals surface area contributed by atoms with E-state index in [0.717, 1.165) is 23.4 Å². The largest absolute Gasteiger partial charge is 0.312 e. The van der Waals surface area contributed by atoms with Crippen molar-refractivity contribution in [3.8, 4) is 6.07 Å². The molecule has 1 aliphatic heterocycles. The Kier molecular flexibility index (Phi) is 3.21. The van der Waals surface area contributed by atoms with E-state index in [-0.39, 0.29) is 4.90 Å². The average Bonchev–Trinajstić information content (AvgIpc) is 3.05. The number of nitrogens with zero attached hydrogens (tertiary/aromatic N) is 2. The molecule has 0 saturated carbocycles. The van der Waals surface area contributed by atoms with Crippen LogP contribution in [0.5, 0.6) is 0 Å². The summed E-state index contributed by atoms with van der Waals surface area (Å²) in [6.45, 7) is 1.47. The molecule has 0 atom stereocenters. The Morgan fingerprint density at radius 1 is 1.50 bits per heavy atom. The van der Waals surface area contributed by atoms with Crippen LogP contribution in [0.25, 0.3) is 0 Å². The molecule has 1 aliphatic rings. The van der Waals surface area contributed by atoms with E-state index in [0.29, 0.717) is 17.1 Å². The van der Waals surface area contributed by atoms with Crippen molar-refractivity contribution in [1.82, 2.24) is 15.5 Å². The number of rotatable bonds is 3. The standard InChI is InChI=1S/C11H11N5O2S2/c12-3-9-8-1-2-13-6-10(8)19-11(9)16-20(17,18)7-4-14-15-5-7/h4-5,13,16H,1-2,6H2,(H,14,15). The number of nitrogens with one attached hydrogen (secondary N) is 3. The summed E-state index contributed by atoms with van der Waals surface area (Å²) in [5.41, 5.74) is 1.37. The molecule has 2 aromatic heterocycles. The monoisotopic (exact) mass is 309 g/mol. The van der Waals surface area contributed by atoms with Crippen LogP contribution in [0.1, 0.15) is 16.0 Å². The van der Waals surface area contributed by atoms with Crippen LogP contribution >= 0.6 is 11.3 Å². The minimum absolute atomic E-state index is 0.0471. The minimum atomic E-state index is -3.71. The van der Waals surface area contributed by atoms with Gasteiger partial charge in [0.05, 0.1) is 11.8 Å². The Hall–Kier alpha value is -1.89. The van der Waals surface area contributed by atoms with E-state index in [1.54, 1.807) is 0 Å². The molecule has 3 N–H and O–H groups in total. The van der Waals surface area contributed by atoms with E-state index in [2.05, 4.69) is 26.3 Å². The van der Waals surface area contributed by atoms with Crippen molar-refractivity contribution in [2.24, 2.45) is 0 Å². The van der Waals surface area contributed by atoms with Gasteiger partial charge in [0.1, 0.15) is 16.0 Å². The lowest BCUT2D eigenvalue weighted by Gasteiger charge is -2.11. The van der Waals surface area contributed by atoms with E-state index >= 15 is 0 Å². The zero-order valence-corrected chi connectivity index (χ0v) is 11.9. The van der Waals surface area contributed by atoms with E-state index in [1.807, 2.05) is 0 Å². The summed E-state index contributed by atoms with van der Waals surface area (Å²) in [5, 5.41) is 18.9. The Morgan fingerprint density at radius 3 is 3.05 bits per heavy atom. The molecule has 0 saturated heterocycles. The zero-order valence-electron chi connectivity index (χ0n) is 10.3. The molecule has 9 heteroatoms. The van der Waals surface area contributed by atoms with E-state index < -0.39 is 10.0 Å². The van der Waals surface area contributed by atoms with E-state index in [1.165, 1.54) is 23.7 Å². The number of aromatic amines is 1. The molecule has 0 radical (unpaired) electrons. The quantitative estimate of drug-likeness (QED) is 0.776. The molecule has 0 unspecified atom stereocenters. The van der Waals surface area contributed by atoms with Crippen molar-refractivity contribution in [3.63, 3.8) is 0 Å². The van der Waals surface area contributed by atoms with Gasteiger partial charge in [-0.25, -0.2) is 8.42 Å². The first kappa shape index (κ1) is 13.1. The number of hydrogen-bond acceptors (Lipinski definition) is 6. The number of sulfonamides is 1. The summed E-state index contributed by atoms with van der Waals surface area (Å²) in [6, 6.07) is 2.10. The molecule has 0 amide bonds. The van der Waals surface area contributed by atoms with Gasteiger partial charge in [-0.05, 0) is 18.5 Å². The molecule has 0 aliphatic carbocycles. The van der Waals surface area contributed by atoms with Crippen molar-refractivity contribution < 1.29 is 8.42 Å². The summed E-state index contributed by atoms with van der Waals surface area (Å²) in [6.07, 6.45) is 3.26. The van der Waals surface area contributed by atoms with Gasteiger partial charge in [0.15, 0.2) is 0 Å². The Morgan fingerprint density at radius 2 is 2.35 bits per heavy atom. The molecule has 0 spiro atoms. The number of H-pyrrole nitrogens is 1. The van der Waals surface area contributed by atoms with Crippen LogP contribution in [-0.2, 0) is 23.0 Å². The number of anilines is 1. The van der Waals surface area contributed by atoms with Crippen molar-refractivity contribution in [2.75, 3.05) is 11.3 Å². The smallest absolute Gasteiger partial charge is 0.265 e. The van der Waals surface area contributed by atoms with Crippen molar-refractivity contribution in [1.29, 1.82) is 5.26 Å². The number of thiophene rings is 1. The van der Waals surface area contributed by atoms with Crippen molar-refractivity contribution in [2.45, 2.75) is 17.9 Å². The van der Waals surface area contributed by atoms with Crippen LogP contribution in [0.15, 0.2) is 17.3 Å². The van der Waals surface area contributed by atoms with Crippen LogP contribution in [0.3, 0.4) is 0 Å². The van der Waals surface area contributed by atoms with Gasteiger partial charge in [0.25, 0.3) is 10.0 Å². The molecule has 20 heavy (non-hydrogen) atoms. The molecule has 7 nitrogen and oxygen atoms in total. The molecule has 0 bridgehead atoms. The highest BCUT2D eigenvalue weighted by Crippen LogP contribution is 2.35. The highest BCUT2D eigenvalue weighted by molar-refractivity contribution is 7.93. The predicted octanol–water partition coefficient (Wildman–Crippen LogP) is 0.789. The normalized spacial score (nSPS) is 14.6. The van der Waals surface area contributed by atoms with Gasteiger partial charge in [-0.1, -0.05) is 0 Å². The molecule has 0 aromatic carbocycles. The molecular formula is C11H11N5O2S2. The molecular weight excluding hydrogens is 298 g/mol. The summed E-state index contributed by atoms with van der Waals surface area (Å²) in [4.78, 5) is 1.06. The SMILES string of the molecule is N#Cc1c(NS(=O)(=O)c2cn[nH]c2)sc2c1CCNC2. The fourth-order valence-electron chi connectivity index (χ4n) is 2.09. The number of hydrogen-bond donors (Lipinski definition) is 3. The van der Waals surface area contributed by atoms with E-state index in [9.17, 15) is 13.7 Å². The molecule has 3 heterocycles. The fourth-order valence-corrected chi connectivity index (χ4v) is 4.47. The third-order valence-corrected chi connectivity index (χ3v) is 5.64. The first-order chi connectivity index (χ1) is 9.62. The van der Waals surface area contributed by atoms with Crippen LogP contribution in [0.4, 0.5) is 5.00 Å². The van der Waals surface area contributed by atoms with Crippen LogP contribution in [-0.4, -0.2) is 25.2 Å². The van der Waals surface area contributed by atoms with Gasteiger partial charge in [-0.3, -0.25) is 9.82 Å². The number of aromatic nitrogens is 2. The lowest BCUT2D eigenvalue weighted by atomic mass is 10.1. The molecule has 2 aromatic rings. The van der Waals surface area contributed by atoms with Crippen molar-refractivity contribution >= 4 is 26.4 Å². The van der Waals surface area contributed by atoms with Crippen molar-refractivity contribution in [3.05, 3.63) is 28.4 Å². The first-order valence-electron chi connectivity index (χ1n) is 5.89. The average molecular weight is 309 g/mol. The minimum Gasteiger partial charge on any atom is -0.312 e. The summed E-state index contributed by atoms with van der Waals surface area (Å²) in [7, 11) is -3.71. The van der Waals surface area contributed by atoms with Gasteiger partial charge in [-0.2, -0.15) is 10.4 Å². The van der Waals surface area contributed by atoms with Crippen LogP contribution in [0.2, 0.25) is 0 Å². The van der Waals surface area contributed by atoms with Gasteiger partial charge in [0.2, 0.25) is 0 Å². The molecule has 3 rings (SSSR count). The number of nitriles is 1. The maximum absolute atomic E-state index is 12.2. The maximum Gasteiger partial charge on any atom is 0.265 e. The second-order valence-electron chi connectivity index (χ2n) is 4.29. The second-order valence-corrected chi connectivity index (χ2v) is 7.07. The Bertz CT molecular complexity index is 771. The van der Waals surface area contributed by atoms with Gasteiger partial charge in [0, 0.05) is 17.6 Å². The summed E-state index contributed by atoms with van der Waals surface area (Å²) >= 11 is 1.30. The number of fused-ring (bicyclic) bond motifs is 1. The van der Waals surface area contributed by atoms with Crippen LogP contribution < -0.4 is 10.0 Å². The Labute approximate surface area is 119 Å². The maximum atomic E-state index is 12.2. The first-order valence-corrected chi connectivity index (χ1v) is 8.19. The van der Waals surface area contributed by atoms with Gasteiger partial charge < -0.3 is 5.32 Å². The Balaban J connectivity index is 2.00. The zero-order chi connectivity index (χ0) is 14.2.